The van der Waals surface area contributed by atoms with Gasteiger partial charge in [0.1, 0.15) is 5.82 Å². The Bertz CT molecular complexity index is 632. The molecule has 2 aromatic rings. The van der Waals surface area contributed by atoms with Gasteiger partial charge in [0.2, 0.25) is 0 Å². The van der Waals surface area contributed by atoms with E-state index in [1.54, 1.807) is 25.4 Å². The van der Waals surface area contributed by atoms with E-state index in [4.69, 9.17) is 16.3 Å². The van der Waals surface area contributed by atoms with Crippen LogP contribution < -0.4 is 10.6 Å². The second-order valence-corrected chi connectivity index (χ2v) is 5.45. The van der Waals surface area contributed by atoms with Crippen LogP contribution >= 0.6 is 11.6 Å². The van der Waals surface area contributed by atoms with E-state index in [1.807, 2.05) is 24.3 Å². The first-order valence-electron chi connectivity index (χ1n) is 7.40. The summed E-state index contributed by atoms with van der Waals surface area (Å²) in [6, 6.07) is 11.0. The molecule has 0 fully saturated rings. The molecule has 23 heavy (non-hydrogen) atoms. The van der Waals surface area contributed by atoms with Crippen molar-refractivity contribution in [1.82, 2.24) is 10.3 Å². The van der Waals surface area contributed by atoms with Crippen molar-refractivity contribution in [3.8, 4) is 0 Å². The van der Waals surface area contributed by atoms with Crippen molar-refractivity contribution in [3.05, 3.63) is 58.7 Å². The molecule has 5 nitrogen and oxygen atoms in total. The fraction of sp³-hybridized carbons (Fsp3) is 0.294. The van der Waals surface area contributed by atoms with Gasteiger partial charge in [-0.3, -0.25) is 4.79 Å². The molecule has 0 aliphatic heterocycles. The van der Waals surface area contributed by atoms with Crippen LogP contribution in [0.2, 0.25) is 5.02 Å². The molecule has 0 radical (unpaired) electrons. The molecule has 0 saturated heterocycles. The van der Waals surface area contributed by atoms with Gasteiger partial charge in [-0.1, -0.05) is 23.7 Å². The summed E-state index contributed by atoms with van der Waals surface area (Å²) in [5.41, 5.74) is 1.67. The summed E-state index contributed by atoms with van der Waals surface area (Å²) in [5.74, 6) is 0.544. The zero-order valence-corrected chi connectivity index (χ0v) is 13.8. The maximum atomic E-state index is 12.0. The van der Waals surface area contributed by atoms with E-state index >= 15 is 0 Å². The van der Waals surface area contributed by atoms with E-state index in [9.17, 15) is 4.79 Å². The Morgan fingerprint density at radius 3 is 2.78 bits per heavy atom. The summed E-state index contributed by atoms with van der Waals surface area (Å²) >= 11 is 5.86. The lowest BCUT2D eigenvalue weighted by atomic mass is 10.2. The molecule has 0 atom stereocenters. The number of amides is 1. The van der Waals surface area contributed by atoms with Gasteiger partial charge in [0, 0.05) is 43.6 Å². The van der Waals surface area contributed by atoms with E-state index in [0.717, 1.165) is 12.0 Å². The van der Waals surface area contributed by atoms with E-state index in [2.05, 4.69) is 15.6 Å². The number of ether oxygens (including phenoxy) is 1. The molecule has 6 heteroatoms. The highest BCUT2D eigenvalue weighted by Crippen LogP contribution is 2.12. The molecule has 0 bridgehead atoms. The molecule has 2 rings (SSSR count). The first-order chi connectivity index (χ1) is 11.2. The Kier molecular flexibility index (Phi) is 6.84. The van der Waals surface area contributed by atoms with E-state index in [-0.39, 0.29) is 5.91 Å². The van der Waals surface area contributed by atoms with Crippen LogP contribution in [0.1, 0.15) is 22.3 Å². The molecule has 0 saturated carbocycles. The molecular formula is C17H20ClN3O2. The Morgan fingerprint density at radius 2 is 2.04 bits per heavy atom. The topological polar surface area (TPSA) is 63.2 Å². The van der Waals surface area contributed by atoms with E-state index in [0.29, 0.717) is 36.1 Å². The number of carbonyl (C=O) groups is 1. The van der Waals surface area contributed by atoms with Crippen molar-refractivity contribution < 1.29 is 9.53 Å². The van der Waals surface area contributed by atoms with E-state index in [1.165, 1.54) is 0 Å². The average Bonchev–Trinajstić information content (AvgIpc) is 2.58. The molecule has 1 heterocycles. The normalized spacial score (nSPS) is 10.3. The standard InChI is InChI=1S/C17H20ClN3O2/c1-23-10-2-8-20-17(22)14-7-9-19-16(11-14)21-12-13-3-5-15(18)6-4-13/h3-7,9,11H,2,8,10,12H2,1H3,(H,19,21)(H,20,22). The van der Waals surface area contributed by atoms with Crippen LogP contribution in [0, 0.1) is 0 Å². The van der Waals surface area contributed by atoms with Gasteiger partial charge in [-0.15, -0.1) is 0 Å². The monoisotopic (exact) mass is 333 g/mol. The number of nitrogens with zero attached hydrogens (tertiary/aromatic N) is 1. The number of aromatic nitrogens is 1. The maximum Gasteiger partial charge on any atom is 0.251 e. The van der Waals surface area contributed by atoms with Crippen LogP contribution in [0.5, 0.6) is 0 Å². The van der Waals surface area contributed by atoms with Crippen molar-refractivity contribution in [3.63, 3.8) is 0 Å². The molecule has 2 N–H and O–H groups in total. The third-order valence-corrected chi connectivity index (χ3v) is 3.47. The molecule has 122 valence electrons. The number of benzene rings is 1. The summed E-state index contributed by atoms with van der Waals surface area (Å²) < 4.78 is 4.95. The van der Waals surface area contributed by atoms with Crippen molar-refractivity contribution >= 4 is 23.3 Å². The van der Waals surface area contributed by atoms with Crippen LogP contribution in [0.15, 0.2) is 42.6 Å². The lowest BCUT2D eigenvalue weighted by Gasteiger charge is -2.08. The van der Waals surface area contributed by atoms with Crippen molar-refractivity contribution in [1.29, 1.82) is 0 Å². The van der Waals surface area contributed by atoms with Gasteiger partial charge in [0.25, 0.3) is 5.91 Å². The number of nitrogens with one attached hydrogen (secondary N) is 2. The number of pyridine rings is 1. The van der Waals surface area contributed by atoms with Crippen LogP contribution in [0.4, 0.5) is 5.82 Å². The van der Waals surface area contributed by atoms with Gasteiger partial charge in [-0.25, -0.2) is 4.98 Å². The van der Waals surface area contributed by atoms with Crippen LogP contribution in [0.25, 0.3) is 0 Å². The van der Waals surface area contributed by atoms with Gasteiger partial charge in [-0.2, -0.15) is 0 Å². The molecule has 1 aromatic heterocycles. The minimum absolute atomic E-state index is 0.113. The Hall–Kier alpha value is -2.11. The molecule has 0 aliphatic carbocycles. The summed E-state index contributed by atoms with van der Waals surface area (Å²) in [6.45, 7) is 1.83. The lowest BCUT2D eigenvalue weighted by Crippen LogP contribution is -2.25. The summed E-state index contributed by atoms with van der Waals surface area (Å²) in [5, 5.41) is 6.76. The number of anilines is 1. The van der Waals surface area contributed by atoms with Gasteiger partial charge >= 0.3 is 0 Å². The predicted octanol–water partition coefficient (Wildman–Crippen LogP) is 3.11. The number of methoxy groups -OCH3 is 1. The quantitative estimate of drug-likeness (QED) is 0.729. The van der Waals surface area contributed by atoms with Gasteiger partial charge in [-0.05, 0) is 36.2 Å². The second-order valence-electron chi connectivity index (χ2n) is 5.01. The smallest absolute Gasteiger partial charge is 0.251 e. The molecule has 0 aliphatic rings. The highest BCUT2D eigenvalue weighted by atomic mass is 35.5. The third kappa shape index (κ3) is 5.88. The lowest BCUT2D eigenvalue weighted by molar-refractivity contribution is 0.0948. The molecule has 0 spiro atoms. The minimum Gasteiger partial charge on any atom is -0.385 e. The third-order valence-electron chi connectivity index (χ3n) is 3.22. The number of hydrogen-bond acceptors (Lipinski definition) is 4. The fourth-order valence-corrected chi connectivity index (χ4v) is 2.11. The first-order valence-corrected chi connectivity index (χ1v) is 7.78. The first kappa shape index (κ1) is 17.2. The van der Waals surface area contributed by atoms with Crippen molar-refractivity contribution in [2.24, 2.45) is 0 Å². The van der Waals surface area contributed by atoms with E-state index < -0.39 is 0 Å². The highest BCUT2D eigenvalue weighted by Gasteiger charge is 2.06. The summed E-state index contributed by atoms with van der Waals surface area (Å²) in [6.07, 6.45) is 2.41. The number of rotatable bonds is 8. The van der Waals surface area contributed by atoms with Gasteiger partial charge in [0.15, 0.2) is 0 Å². The number of hydrogen-bond donors (Lipinski definition) is 2. The van der Waals surface area contributed by atoms with Crippen LogP contribution in [-0.4, -0.2) is 31.2 Å². The Labute approximate surface area is 141 Å². The van der Waals surface area contributed by atoms with Crippen molar-refractivity contribution in [2.75, 3.05) is 25.6 Å². The highest BCUT2D eigenvalue weighted by molar-refractivity contribution is 6.30. The molecule has 1 aromatic carbocycles. The zero-order chi connectivity index (χ0) is 16.5. The fourth-order valence-electron chi connectivity index (χ4n) is 1.98. The molecule has 1 amide bonds. The van der Waals surface area contributed by atoms with Gasteiger partial charge < -0.3 is 15.4 Å². The van der Waals surface area contributed by atoms with Gasteiger partial charge in [0.05, 0.1) is 0 Å². The maximum absolute atomic E-state index is 12.0. The zero-order valence-electron chi connectivity index (χ0n) is 13.0. The SMILES string of the molecule is COCCCNC(=O)c1ccnc(NCc2ccc(Cl)cc2)c1. The average molecular weight is 334 g/mol. The Balaban J connectivity index is 1.88. The predicted molar refractivity (Wildman–Crippen MR) is 91.8 cm³/mol. The minimum atomic E-state index is -0.113. The molecular weight excluding hydrogens is 314 g/mol. The van der Waals surface area contributed by atoms with Crippen LogP contribution in [-0.2, 0) is 11.3 Å². The second kappa shape index (κ2) is 9.12. The van der Waals surface area contributed by atoms with Crippen molar-refractivity contribution in [2.45, 2.75) is 13.0 Å². The summed E-state index contributed by atoms with van der Waals surface area (Å²) in [7, 11) is 1.64. The number of halogens is 1. The largest absolute Gasteiger partial charge is 0.385 e. The Morgan fingerprint density at radius 1 is 1.26 bits per heavy atom. The van der Waals surface area contributed by atoms with Crippen LogP contribution in [0.3, 0.4) is 0 Å². The molecule has 0 unspecified atom stereocenters. The summed E-state index contributed by atoms with van der Waals surface area (Å²) in [4.78, 5) is 16.3. The number of carbonyl (C=O) groups excluding carboxylic acids is 1.